The predicted molar refractivity (Wildman–Crippen MR) is 110 cm³/mol. The Morgan fingerprint density at radius 1 is 1.28 bits per heavy atom. The molecule has 4 aromatic rings. The first-order valence-corrected chi connectivity index (χ1v) is 9.20. The zero-order valence-corrected chi connectivity index (χ0v) is 16.2. The van der Waals surface area contributed by atoms with E-state index in [0.29, 0.717) is 35.5 Å². The molecule has 0 atom stereocenters. The van der Waals surface area contributed by atoms with Crippen LogP contribution in [0.5, 0.6) is 5.75 Å². The number of rotatable bonds is 4. The second-order valence-corrected chi connectivity index (χ2v) is 6.84. The summed E-state index contributed by atoms with van der Waals surface area (Å²) in [5.41, 5.74) is 9.34. The number of methoxy groups -OCH3 is 1. The number of benzene rings is 1. The number of nitriles is 1. The molecule has 3 heterocycles. The van der Waals surface area contributed by atoms with Crippen molar-refractivity contribution in [3.8, 4) is 11.8 Å². The van der Waals surface area contributed by atoms with Gasteiger partial charge < -0.3 is 10.5 Å². The van der Waals surface area contributed by atoms with Crippen LogP contribution in [0.1, 0.15) is 16.7 Å². The van der Waals surface area contributed by atoms with E-state index in [2.05, 4.69) is 6.07 Å². The molecule has 2 N–H and O–H groups in total. The number of aryl methyl sites for hydroxylation is 3. The van der Waals surface area contributed by atoms with Crippen LogP contribution in [0.25, 0.3) is 16.7 Å². The van der Waals surface area contributed by atoms with Crippen LogP contribution in [0.2, 0.25) is 0 Å². The summed E-state index contributed by atoms with van der Waals surface area (Å²) in [6, 6.07) is 15.1. The van der Waals surface area contributed by atoms with Gasteiger partial charge in [-0.2, -0.15) is 5.26 Å². The van der Waals surface area contributed by atoms with Crippen molar-refractivity contribution in [1.82, 2.24) is 9.38 Å². The van der Waals surface area contributed by atoms with Crippen molar-refractivity contribution in [2.45, 2.75) is 19.9 Å². The Bertz CT molecular complexity index is 1330. The van der Waals surface area contributed by atoms with Crippen molar-refractivity contribution in [2.75, 3.05) is 12.8 Å². The molecule has 0 aliphatic rings. The van der Waals surface area contributed by atoms with Gasteiger partial charge >= 0.3 is 0 Å². The number of fused-ring (bicyclic) bond motifs is 2. The molecule has 4 rings (SSSR count). The predicted octanol–water partition coefficient (Wildman–Crippen LogP) is 2.15. The van der Waals surface area contributed by atoms with Gasteiger partial charge in [-0.25, -0.2) is 4.57 Å². The Morgan fingerprint density at radius 2 is 2.03 bits per heavy atom. The molecule has 0 fully saturated rings. The Labute approximate surface area is 167 Å². The summed E-state index contributed by atoms with van der Waals surface area (Å²) >= 11 is 0. The first kappa shape index (κ1) is 18.4. The maximum atomic E-state index is 13.1. The summed E-state index contributed by atoms with van der Waals surface area (Å²) in [4.78, 5) is 17.8. The van der Waals surface area contributed by atoms with Crippen molar-refractivity contribution in [1.29, 1.82) is 5.26 Å². The van der Waals surface area contributed by atoms with E-state index in [9.17, 15) is 10.1 Å². The fraction of sp³-hybridized carbons (Fsp3) is 0.182. The van der Waals surface area contributed by atoms with Crippen LogP contribution in [0.3, 0.4) is 0 Å². The molecule has 0 saturated heterocycles. The lowest BCUT2D eigenvalue weighted by Crippen LogP contribution is -2.42. The molecule has 0 aliphatic heterocycles. The monoisotopic (exact) mass is 386 g/mol. The SMILES string of the molecule is COc1ccc(CC[n+]2c(N)c(C#N)cc3c(=O)n4cccc(C)c4nc32)cc1. The molecule has 7 nitrogen and oxygen atoms in total. The van der Waals surface area contributed by atoms with E-state index in [1.807, 2.05) is 37.3 Å². The smallest absolute Gasteiger partial charge is 0.278 e. The maximum Gasteiger partial charge on any atom is 0.278 e. The van der Waals surface area contributed by atoms with Gasteiger partial charge in [0.2, 0.25) is 11.5 Å². The average molecular weight is 386 g/mol. The first-order valence-electron chi connectivity index (χ1n) is 9.20. The van der Waals surface area contributed by atoms with Crippen LogP contribution >= 0.6 is 0 Å². The van der Waals surface area contributed by atoms with Gasteiger partial charge in [0.15, 0.2) is 0 Å². The fourth-order valence-electron chi connectivity index (χ4n) is 3.46. The fourth-order valence-corrected chi connectivity index (χ4v) is 3.46. The van der Waals surface area contributed by atoms with E-state index in [4.69, 9.17) is 15.5 Å². The second-order valence-electron chi connectivity index (χ2n) is 6.84. The van der Waals surface area contributed by atoms with Crippen molar-refractivity contribution in [3.63, 3.8) is 0 Å². The van der Waals surface area contributed by atoms with Crippen molar-refractivity contribution in [2.24, 2.45) is 0 Å². The summed E-state index contributed by atoms with van der Waals surface area (Å²) in [5.74, 6) is 1.09. The Balaban J connectivity index is 1.89. The number of hydrogen-bond donors (Lipinski definition) is 1. The topological polar surface area (TPSA) is 97.3 Å². The minimum Gasteiger partial charge on any atom is -0.497 e. The Hall–Kier alpha value is -3.92. The quantitative estimate of drug-likeness (QED) is 0.428. The van der Waals surface area contributed by atoms with Gasteiger partial charge in [-0.1, -0.05) is 23.2 Å². The van der Waals surface area contributed by atoms with E-state index in [1.165, 1.54) is 10.5 Å². The number of nitrogens with zero attached hydrogens (tertiary/aromatic N) is 4. The van der Waals surface area contributed by atoms with E-state index in [0.717, 1.165) is 16.9 Å². The van der Waals surface area contributed by atoms with Crippen LogP contribution in [0.4, 0.5) is 5.82 Å². The van der Waals surface area contributed by atoms with Gasteiger partial charge in [0.05, 0.1) is 13.7 Å². The van der Waals surface area contributed by atoms with Gasteiger partial charge in [0.1, 0.15) is 22.8 Å². The normalized spacial score (nSPS) is 10.9. The van der Waals surface area contributed by atoms with Gasteiger partial charge in [-0.15, -0.1) is 0 Å². The molecule has 0 aliphatic carbocycles. The van der Waals surface area contributed by atoms with E-state index < -0.39 is 0 Å². The molecule has 0 saturated carbocycles. The Morgan fingerprint density at radius 3 is 2.72 bits per heavy atom. The van der Waals surface area contributed by atoms with Crippen LogP contribution in [-0.4, -0.2) is 16.5 Å². The maximum absolute atomic E-state index is 13.1. The number of pyridine rings is 2. The van der Waals surface area contributed by atoms with E-state index in [1.54, 1.807) is 23.9 Å². The molecule has 7 heteroatoms. The minimum atomic E-state index is -0.219. The molecule has 0 spiro atoms. The number of ether oxygens (including phenoxy) is 1. The average Bonchev–Trinajstić information content (AvgIpc) is 2.74. The molecule has 0 amide bonds. The molecule has 1 aromatic carbocycles. The van der Waals surface area contributed by atoms with Crippen LogP contribution in [0, 0.1) is 18.3 Å². The summed E-state index contributed by atoms with van der Waals surface area (Å²) < 4.78 is 8.45. The van der Waals surface area contributed by atoms with Crippen molar-refractivity contribution in [3.05, 3.63) is 75.7 Å². The second kappa shape index (κ2) is 7.24. The number of anilines is 1. The third-order valence-corrected chi connectivity index (χ3v) is 5.08. The summed E-state index contributed by atoms with van der Waals surface area (Å²) in [6.45, 7) is 2.39. The molecule has 144 valence electrons. The zero-order valence-electron chi connectivity index (χ0n) is 16.2. The van der Waals surface area contributed by atoms with Gasteiger partial charge in [0, 0.05) is 18.2 Å². The first-order chi connectivity index (χ1) is 14.0. The molecular weight excluding hydrogens is 366 g/mol. The third-order valence-electron chi connectivity index (χ3n) is 5.08. The largest absolute Gasteiger partial charge is 0.497 e. The number of nitrogen functional groups attached to an aromatic ring is 1. The molecule has 3 aromatic heterocycles. The summed E-state index contributed by atoms with van der Waals surface area (Å²) in [6.07, 6.45) is 2.35. The van der Waals surface area contributed by atoms with Crippen LogP contribution < -0.4 is 20.6 Å². The van der Waals surface area contributed by atoms with E-state index >= 15 is 0 Å². The zero-order chi connectivity index (χ0) is 20.5. The molecule has 0 unspecified atom stereocenters. The third kappa shape index (κ3) is 3.15. The van der Waals surface area contributed by atoms with Crippen LogP contribution in [0.15, 0.2) is 53.5 Å². The summed E-state index contributed by atoms with van der Waals surface area (Å²) in [5, 5.41) is 9.88. The molecule has 0 bridgehead atoms. The number of aromatic nitrogens is 3. The van der Waals surface area contributed by atoms with Crippen molar-refractivity contribution >= 4 is 22.5 Å². The highest BCUT2D eigenvalue weighted by Gasteiger charge is 2.21. The number of hydrogen-bond acceptors (Lipinski definition) is 5. The number of nitrogens with two attached hydrogens (primary N) is 1. The molecular formula is C22H20N5O2+. The summed E-state index contributed by atoms with van der Waals surface area (Å²) in [7, 11) is 1.63. The highest BCUT2D eigenvalue weighted by Crippen LogP contribution is 2.16. The lowest BCUT2D eigenvalue weighted by atomic mass is 10.1. The highest BCUT2D eigenvalue weighted by molar-refractivity contribution is 5.77. The molecule has 29 heavy (non-hydrogen) atoms. The van der Waals surface area contributed by atoms with Gasteiger partial charge in [0.25, 0.3) is 11.2 Å². The Kier molecular flexibility index (Phi) is 4.61. The lowest BCUT2D eigenvalue weighted by molar-refractivity contribution is -0.658. The lowest BCUT2D eigenvalue weighted by Gasteiger charge is -2.10. The van der Waals surface area contributed by atoms with Gasteiger partial charge in [-0.05, 0) is 36.8 Å². The minimum absolute atomic E-state index is 0.219. The van der Waals surface area contributed by atoms with Crippen LogP contribution in [-0.2, 0) is 13.0 Å². The van der Waals surface area contributed by atoms with Gasteiger partial charge in [-0.3, -0.25) is 9.20 Å². The molecule has 0 radical (unpaired) electrons. The standard InChI is InChI=1S/C22H19N5O2/c1-14-4-3-10-27-20(14)25-21-18(22(27)28)12-16(13-23)19(24)26(21)11-9-15-5-7-17(29-2)8-6-15/h3-8,10,12,24H,9,11H2,1-2H3/p+1. The van der Waals surface area contributed by atoms with Crippen molar-refractivity contribution < 1.29 is 9.30 Å². The van der Waals surface area contributed by atoms with E-state index in [-0.39, 0.29) is 11.1 Å². The highest BCUT2D eigenvalue weighted by atomic mass is 16.5.